The second kappa shape index (κ2) is 14.0. The third-order valence-electron chi connectivity index (χ3n) is 8.49. The fourth-order valence-corrected chi connectivity index (χ4v) is 6.56. The van der Waals surface area contributed by atoms with Crippen molar-refractivity contribution >= 4 is 50.3 Å². The summed E-state index contributed by atoms with van der Waals surface area (Å²) in [7, 11) is -3.03. The normalized spacial score (nSPS) is 16.4. The Labute approximate surface area is 288 Å². The van der Waals surface area contributed by atoms with Crippen molar-refractivity contribution in [3.8, 4) is 11.1 Å². The molecule has 5 aromatic rings. The number of aromatic nitrogens is 4. The molecule has 0 bridgehead atoms. The maximum absolute atomic E-state index is 15.3. The summed E-state index contributed by atoms with van der Waals surface area (Å²) in [4.78, 5) is 42.7. The number of Topliss-reactive ketones (excluding diaryl/α,β-unsaturated/α-hetero) is 1. The zero-order chi connectivity index (χ0) is 36.6. The van der Waals surface area contributed by atoms with E-state index in [1.807, 2.05) is 4.72 Å². The Balaban J connectivity index is 1.29. The number of benzene rings is 2. The number of pyridine rings is 1. The average Bonchev–Trinajstić information content (AvgIpc) is 3.41. The Hall–Kier alpha value is -5.46. The average molecular weight is 727 g/mol. The topological polar surface area (TPSA) is 174 Å². The number of H-pyrrole nitrogens is 1. The molecule has 1 aliphatic heterocycles. The monoisotopic (exact) mass is 726 g/mol. The van der Waals surface area contributed by atoms with Crippen LogP contribution in [0.1, 0.15) is 40.5 Å². The number of halogens is 4. The smallest absolute Gasteiger partial charge is 0.301 e. The number of carbonyl (C=O) groups is 2. The van der Waals surface area contributed by atoms with E-state index in [2.05, 4.69) is 25.3 Å². The summed E-state index contributed by atoms with van der Waals surface area (Å²) in [5.74, 6) is -6.76. The van der Waals surface area contributed by atoms with Crippen LogP contribution in [0, 0.1) is 23.5 Å². The van der Waals surface area contributed by atoms with Crippen molar-refractivity contribution in [3.05, 3.63) is 95.6 Å². The number of aromatic amines is 1. The lowest BCUT2D eigenvalue weighted by atomic mass is 9.93. The van der Waals surface area contributed by atoms with Crippen molar-refractivity contribution in [3.63, 3.8) is 0 Å². The van der Waals surface area contributed by atoms with E-state index in [1.54, 1.807) is 35.2 Å². The van der Waals surface area contributed by atoms with E-state index in [4.69, 9.17) is 0 Å². The number of piperidine rings is 1. The summed E-state index contributed by atoms with van der Waals surface area (Å²) in [6, 6.07) is 10.4. The van der Waals surface area contributed by atoms with E-state index in [-0.39, 0.29) is 53.4 Å². The molecule has 2 aromatic carbocycles. The number of aliphatic hydroxyl groups is 1. The van der Waals surface area contributed by atoms with Crippen molar-refractivity contribution < 1.29 is 40.7 Å². The number of aliphatic hydroxyl groups excluding tert-OH is 1. The van der Waals surface area contributed by atoms with Crippen molar-refractivity contribution in [2.75, 3.05) is 35.1 Å². The molecule has 18 heteroatoms. The molecule has 13 nitrogen and oxygen atoms in total. The van der Waals surface area contributed by atoms with E-state index < -0.39 is 68.7 Å². The molecule has 0 spiro atoms. The number of hydrogen-bond donors (Lipinski definition) is 4. The van der Waals surface area contributed by atoms with Gasteiger partial charge in [-0.25, -0.2) is 23.7 Å². The molecule has 2 unspecified atom stereocenters. The highest BCUT2D eigenvalue weighted by atomic mass is 32.2. The highest BCUT2D eigenvalue weighted by Gasteiger charge is 2.35. The first-order valence-electron chi connectivity index (χ1n) is 15.6. The van der Waals surface area contributed by atoms with Crippen LogP contribution in [0.3, 0.4) is 0 Å². The third kappa shape index (κ3) is 6.97. The Morgan fingerprint density at radius 2 is 1.78 bits per heavy atom. The quantitative estimate of drug-likeness (QED) is 0.0908. The van der Waals surface area contributed by atoms with Crippen LogP contribution >= 0.6 is 0 Å². The molecule has 2 atom stereocenters. The zero-order valence-corrected chi connectivity index (χ0v) is 27.8. The molecule has 1 amide bonds. The molecule has 0 radical (unpaired) electrons. The Morgan fingerprint density at radius 3 is 2.47 bits per heavy atom. The van der Waals surface area contributed by atoms with Crippen LogP contribution in [0.5, 0.6) is 0 Å². The Morgan fingerprint density at radius 1 is 1.08 bits per heavy atom. The number of carbonyl (C=O) groups excluding carboxylic acids is 2. The molecule has 1 aliphatic rings. The lowest BCUT2D eigenvalue weighted by Crippen LogP contribution is -2.49. The van der Waals surface area contributed by atoms with Gasteiger partial charge in [0, 0.05) is 61.0 Å². The Bertz CT molecular complexity index is 2240. The maximum atomic E-state index is 15.3. The summed E-state index contributed by atoms with van der Waals surface area (Å²) >= 11 is 0. The summed E-state index contributed by atoms with van der Waals surface area (Å²) in [6.45, 7) is 1.82. The number of ketones is 1. The first kappa shape index (κ1) is 35.4. The van der Waals surface area contributed by atoms with E-state index in [0.717, 1.165) is 16.4 Å². The van der Waals surface area contributed by atoms with E-state index in [9.17, 15) is 27.5 Å². The molecule has 1 saturated heterocycles. The van der Waals surface area contributed by atoms with Gasteiger partial charge in [0.2, 0.25) is 17.8 Å². The molecule has 3 aromatic heterocycles. The van der Waals surface area contributed by atoms with Crippen LogP contribution in [-0.4, -0.2) is 81.7 Å². The first-order valence-corrected chi connectivity index (χ1v) is 17.0. The Kier molecular flexibility index (Phi) is 9.74. The summed E-state index contributed by atoms with van der Waals surface area (Å²) in [6.07, 6.45) is 2.32. The van der Waals surface area contributed by atoms with E-state index in [0.29, 0.717) is 18.1 Å². The maximum Gasteiger partial charge on any atom is 0.301 e. The molecule has 0 saturated carbocycles. The van der Waals surface area contributed by atoms with Gasteiger partial charge in [-0.05, 0) is 24.6 Å². The van der Waals surface area contributed by atoms with Crippen molar-refractivity contribution in [1.82, 2.24) is 24.2 Å². The lowest BCUT2D eigenvalue weighted by Gasteiger charge is -2.37. The molecule has 51 heavy (non-hydrogen) atoms. The first-order chi connectivity index (χ1) is 24.3. The van der Waals surface area contributed by atoms with Crippen LogP contribution < -0.4 is 14.9 Å². The van der Waals surface area contributed by atoms with Crippen LogP contribution in [0.2, 0.25) is 0 Å². The molecule has 0 aliphatic carbocycles. The third-order valence-corrected chi connectivity index (χ3v) is 10.0. The van der Waals surface area contributed by atoms with Gasteiger partial charge in [0.1, 0.15) is 22.7 Å². The van der Waals surface area contributed by atoms with Crippen LogP contribution in [0.15, 0.2) is 60.9 Å². The molecule has 4 N–H and O–H groups in total. The molecular weight excluding hydrogens is 696 g/mol. The zero-order valence-electron chi connectivity index (χ0n) is 27.0. The summed E-state index contributed by atoms with van der Waals surface area (Å²) in [5.41, 5.74) is -2.59. The van der Waals surface area contributed by atoms with Gasteiger partial charge in [0.25, 0.3) is 5.91 Å². The van der Waals surface area contributed by atoms with Gasteiger partial charge in [0.15, 0.2) is 11.6 Å². The van der Waals surface area contributed by atoms with Gasteiger partial charge in [-0.2, -0.15) is 21.5 Å². The highest BCUT2D eigenvalue weighted by Crippen LogP contribution is 2.33. The summed E-state index contributed by atoms with van der Waals surface area (Å²) < 4.78 is 88.1. The predicted molar refractivity (Wildman–Crippen MR) is 179 cm³/mol. The largest absolute Gasteiger partial charge is 0.393 e. The number of hydrogen-bond acceptors (Lipinski definition) is 9. The second-order valence-electron chi connectivity index (χ2n) is 11.7. The second-order valence-corrected chi connectivity index (χ2v) is 13.5. The predicted octanol–water partition coefficient (Wildman–Crippen LogP) is 4.65. The molecular formula is C33H30F4N8O5S. The van der Waals surface area contributed by atoms with Crippen LogP contribution in [0.4, 0.5) is 34.9 Å². The number of nitrogens with zero attached hydrogens (tertiary/aromatic N) is 5. The van der Waals surface area contributed by atoms with E-state index in [1.165, 1.54) is 26.4 Å². The number of rotatable bonds is 10. The van der Waals surface area contributed by atoms with Crippen molar-refractivity contribution in [2.45, 2.75) is 31.9 Å². The van der Waals surface area contributed by atoms with Gasteiger partial charge in [0.05, 0.1) is 17.8 Å². The number of anilines is 3. The van der Waals surface area contributed by atoms with Gasteiger partial charge < -0.3 is 20.3 Å². The standard InChI is InChI=1S/C33H30F4N8O5S/c1-3-44(2)51(49,50)43-23-10-9-22(34)25(26(23)35)32(48)40-27-21-14-20(29(36)41-31(21)42-30(27)37)18-15-38-33(39-16-18)45-12-11-19(46)13-24(45)28(47)17-7-5-4-6-8-17/h4-10,14-16,19,24,43,46H,3,11-13H2,1-2H3,(H,40,48)(H,41,42). The van der Waals surface area contributed by atoms with E-state index >= 15 is 13.2 Å². The molecule has 4 heterocycles. The fraction of sp³-hybridized carbons (Fsp3) is 0.242. The number of nitrogens with one attached hydrogen (secondary N) is 3. The SMILES string of the molecule is CCN(C)S(=O)(=O)Nc1ccc(F)c(C(=O)Nc2c(F)[nH]c3nc(F)c(-c4cnc(N5CCC(O)CC5C(=O)c5ccccc5)nc4)cc23)c1F. The summed E-state index contributed by atoms with van der Waals surface area (Å²) in [5, 5.41) is 12.2. The highest BCUT2D eigenvalue weighted by molar-refractivity contribution is 7.90. The van der Waals surface area contributed by atoms with Crippen molar-refractivity contribution in [2.24, 2.45) is 0 Å². The van der Waals surface area contributed by atoms with Crippen LogP contribution in [0.25, 0.3) is 22.2 Å². The minimum atomic E-state index is -4.25. The van der Waals surface area contributed by atoms with Crippen LogP contribution in [-0.2, 0) is 10.2 Å². The minimum absolute atomic E-state index is 0.0257. The number of amides is 1. The molecule has 266 valence electrons. The van der Waals surface area contributed by atoms with Gasteiger partial charge >= 0.3 is 10.2 Å². The molecule has 6 rings (SSSR count). The minimum Gasteiger partial charge on any atom is -0.393 e. The fourth-order valence-electron chi connectivity index (χ4n) is 5.63. The van der Waals surface area contributed by atoms with Gasteiger partial charge in [-0.15, -0.1) is 0 Å². The molecule has 1 fully saturated rings. The van der Waals surface area contributed by atoms with Gasteiger partial charge in [-0.3, -0.25) is 14.3 Å². The number of fused-ring (bicyclic) bond motifs is 1. The lowest BCUT2D eigenvalue weighted by molar-refractivity contribution is 0.0840. The van der Waals surface area contributed by atoms with Crippen molar-refractivity contribution in [1.29, 1.82) is 0 Å². The van der Waals surface area contributed by atoms with Gasteiger partial charge in [-0.1, -0.05) is 37.3 Å².